The maximum Gasteiger partial charge on any atom is 0.0703 e. The van der Waals surface area contributed by atoms with Crippen molar-refractivity contribution in [3.05, 3.63) is 176 Å². The summed E-state index contributed by atoms with van der Waals surface area (Å²) in [6, 6.07) is 64.3. The third-order valence-corrected chi connectivity index (χ3v) is 10.4. The summed E-state index contributed by atoms with van der Waals surface area (Å²) in [5, 5.41) is 10.0. The molecule has 0 spiro atoms. The Morgan fingerprint density at radius 2 is 0.837 bits per heavy atom. The van der Waals surface area contributed by atoms with Crippen molar-refractivity contribution in [1.82, 2.24) is 13.5 Å². The van der Waals surface area contributed by atoms with Gasteiger partial charge in [-0.15, -0.1) is 0 Å². The fourth-order valence-electron chi connectivity index (χ4n) is 8.41. The Morgan fingerprint density at radius 3 is 1.63 bits per heavy atom. The van der Waals surface area contributed by atoms with E-state index in [0.717, 1.165) is 27.9 Å². The molecule has 0 N–H and O–H groups in total. The summed E-state index contributed by atoms with van der Waals surface area (Å²) in [7, 11) is 0. The molecule has 0 amide bonds. The molecule has 3 nitrogen and oxygen atoms in total. The summed E-state index contributed by atoms with van der Waals surface area (Å²) in [6.45, 7) is 0. The summed E-state index contributed by atoms with van der Waals surface area (Å²) in [4.78, 5) is 0. The number of rotatable bonds is 2. The van der Waals surface area contributed by atoms with Gasteiger partial charge >= 0.3 is 0 Å². The van der Waals surface area contributed by atoms with Gasteiger partial charge in [0.05, 0.1) is 38.6 Å². The second-order valence-corrected chi connectivity index (χ2v) is 12.9. The molecule has 0 bridgehead atoms. The van der Waals surface area contributed by atoms with E-state index in [4.69, 9.17) is 0 Å². The fourth-order valence-corrected chi connectivity index (χ4v) is 8.41. The van der Waals surface area contributed by atoms with Crippen LogP contribution in [0.25, 0.3) is 93.1 Å². The molecule has 0 saturated heterocycles. The SMILES string of the molecule is c1ccc(-n2c3ccccc3c3cc(-n4c5ccccc5c5cccc6c7c8ccccc8ccc7n(c7ccccc74)c56)ccc32)cc1. The van der Waals surface area contributed by atoms with E-state index in [1.165, 1.54) is 65.2 Å². The smallest absolute Gasteiger partial charge is 0.0703 e. The average molecular weight is 624 g/mol. The molecule has 0 fully saturated rings. The number of fused-ring (bicyclic) bond motifs is 12. The van der Waals surface area contributed by atoms with Gasteiger partial charge in [0.2, 0.25) is 0 Å². The lowest BCUT2D eigenvalue weighted by Gasteiger charge is -2.17. The highest BCUT2D eigenvalue weighted by Crippen LogP contribution is 2.41. The van der Waals surface area contributed by atoms with Crippen molar-refractivity contribution in [2.75, 3.05) is 0 Å². The number of nitrogens with zero attached hydrogens (tertiary/aromatic N) is 3. The summed E-state index contributed by atoms with van der Waals surface area (Å²) >= 11 is 0. The van der Waals surface area contributed by atoms with Crippen LogP contribution in [0.15, 0.2) is 176 Å². The van der Waals surface area contributed by atoms with Crippen LogP contribution in [0.3, 0.4) is 0 Å². The molecular formula is C46H29N3. The molecule has 0 aliphatic rings. The van der Waals surface area contributed by atoms with E-state index < -0.39 is 0 Å². The highest BCUT2D eigenvalue weighted by molar-refractivity contribution is 6.26. The van der Waals surface area contributed by atoms with Crippen LogP contribution < -0.4 is 0 Å². The van der Waals surface area contributed by atoms with Gasteiger partial charge in [-0.3, -0.25) is 0 Å². The van der Waals surface area contributed by atoms with Gasteiger partial charge in [0.25, 0.3) is 0 Å². The first-order valence-corrected chi connectivity index (χ1v) is 16.9. The van der Waals surface area contributed by atoms with E-state index >= 15 is 0 Å². The zero-order valence-corrected chi connectivity index (χ0v) is 26.6. The van der Waals surface area contributed by atoms with E-state index in [0.29, 0.717) is 0 Å². The first-order chi connectivity index (χ1) is 24.3. The highest BCUT2D eigenvalue weighted by Gasteiger charge is 2.19. The molecule has 0 unspecified atom stereocenters. The minimum absolute atomic E-state index is 1.13. The summed E-state index contributed by atoms with van der Waals surface area (Å²) < 4.78 is 7.35. The maximum atomic E-state index is 2.50. The van der Waals surface area contributed by atoms with E-state index in [1.807, 2.05) is 0 Å². The number of hydrogen-bond donors (Lipinski definition) is 0. The standard InChI is InChI=1S/C46H29N3/c1-2-14-31(15-3-1)47-40-22-9-7-18-35(40)38-29-32(26-28-41(38)47)48-39-21-8-6-17-34(39)36-19-12-20-37-45-33-16-5-4-13-30(33)25-27-44(45)49(46(36)37)43-24-11-10-23-42(43)48/h1-29H. The van der Waals surface area contributed by atoms with Crippen molar-refractivity contribution in [1.29, 1.82) is 0 Å². The molecule has 0 aliphatic carbocycles. The van der Waals surface area contributed by atoms with Crippen molar-refractivity contribution in [2.45, 2.75) is 0 Å². The summed E-state index contributed by atoms with van der Waals surface area (Å²) in [6.07, 6.45) is 0. The second-order valence-electron chi connectivity index (χ2n) is 12.9. The van der Waals surface area contributed by atoms with Crippen LogP contribution >= 0.6 is 0 Å². The molecule has 3 heterocycles. The lowest BCUT2D eigenvalue weighted by Crippen LogP contribution is -2.01. The first kappa shape index (κ1) is 26.5. The maximum absolute atomic E-state index is 2.50. The quantitative estimate of drug-likeness (QED) is 0.182. The molecule has 49 heavy (non-hydrogen) atoms. The molecule has 0 saturated carbocycles. The minimum Gasteiger partial charge on any atom is -0.309 e. The van der Waals surface area contributed by atoms with Crippen LogP contribution in [0.5, 0.6) is 0 Å². The van der Waals surface area contributed by atoms with E-state index in [2.05, 4.69) is 189 Å². The first-order valence-electron chi connectivity index (χ1n) is 16.9. The van der Waals surface area contributed by atoms with Crippen LogP contribution in [0.2, 0.25) is 0 Å². The van der Waals surface area contributed by atoms with Gasteiger partial charge in [0.15, 0.2) is 0 Å². The molecule has 11 rings (SSSR count). The predicted octanol–water partition coefficient (Wildman–Crippen LogP) is 12.2. The summed E-state index contributed by atoms with van der Waals surface area (Å²) in [5.41, 5.74) is 10.6. The molecular weight excluding hydrogens is 595 g/mol. The lowest BCUT2D eigenvalue weighted by molar-refractivity contribution is 1.15. The Hall–Kier alpha value is -6.58. The van der Waals surface area contributed by atoms with Crippen molar-refractivity contribution >= 4 is 81.7 Å². The van der Waals surface area contributed by atoms with Gasteiger partial charge in [-0.05, 0) is 71.4 Å². The number of aromatic nitrogens is 3. The third-order valence-electron chi connectivity index (χ3n) is 10.4. The highest BCUT2D eigenvalue weighted by atomic mass is 15.0. The van der Waals surface area contributed by atoms with Crippen molar-refractivity contribution in [3.63, 3.8) is 0 Å². The van der Waals surface area contributed by atoms with Gasteiger partial charge in [0.1, 0.15) is 0 Å². The topological polar surface area (TPSA) is 14.3 Å². The molecule has 3 aromatic heterocycles. The minimum atomic E-state index is 1.13. The number of para-hydroxylation sites is 6. The molecule has 0 atom stereocenters. The molecule has 0 aliphatic heterocycles. The molecule has 8 aromatic carbocycles. The molecule has 0 radical (unpaired) electrons. The van der Waals surface area contributed by atoms with Crippen molar-refractivity contribution in [2.24, 2.45) is 0 Å². The Balaban J connectivity index is 1.36. The van der Waals surface area contributed by atoms with E-state index in [9.17, 15) is 0 Å². The zero-order valence-electron chi connectivity index (χ0n) is 26.6. The van der Waals surface area contributed by atoms with Crippen LogP contribution in [0.4, 0.5) is 0 Å². The molecule has 228 valence electrons. The Bertz CT molecular complexity index is 3160. The predicted molar refractivity (Wildman–Crippen MR) is 207 cm³/mol. The van der Waals surface area contributed by atoms with Crippen LogP contribution in [0, 0.1) is 0 Å². The van der Waals surface area contributed by atoms with E-state index in [-0.39, 0.29) is 0 Å². The van der Waals surface area contributed by atoms with Crippen molar-refractivity contribution in [3.8, 4) is 11.4 Å². The van der Waals surface area contributed by atoms with Crippen LogP contribution in [0.1, 0.15) is 0 Å². The Kier molecular flexibility index (Phi) is 5.38. The largest absolute Gasteiger partial charge is 0.309 e. The third kappa shape index (κ3) is 3.62. The molecule has 11 aromatic rings. The van der Waals surface area contributed by atoms with Gasteiger partial charge in [-0.2, -0.15) is 0 Å². The Labute approximate surface area is 281 Å². The average Bonchev–Trinajstić information content (AvgIpc) is 3.68. The van der Waals surface area contributed by atoms with Crippen LogP contribution in [-0.4, -0.2) is 13.5 Å². The second kappa shape index (κ2) is 9.96. The zero-order chi connectivity index (χ0) is 32.1. The number of benzene rings is 8. The summed E-state index contributed by atoms with van der Waals surface area (Å²) in [5.74, 6) is 0. The fraction of sp³-hybridized carbons (Fsp3) is 0. The monoisotopic (exact) mass is 623 g/mol. The lowest BCUT2D eigenvalue weighted by atomic mass is 10.0. The van der Waals surface area contributed by atoms with Gasteiger partial charge in [-0.1, -0.05) is 115 Å². The Morgan fingerprint density at radius 1 is 0.286 bits per heavy atom. The normalized spacial score (nSPS) is 12.1. The van der Waals surface area contributed by atoms with Gasteiger partial charge < -0.3 is 13.5 Å². The van der Waals surface area contributed by atoms with E-state index in [1.54, 1.807) is 0 Å². The molecule has 3 heteroatoms. The number of hydrogen-bond acceptors (Lipinski definition) is 0. The van der Waals surface area contributed by atoms with Gasteiger partial charge in [-0.25, -0.2) is 0 Å². The van der Waals surface area contributed by atoms with Gasteiger partial charge in [0, 0.05) is 43.7 Å². The van der Waals surface area contributed by atoms with Crippen LogP contribution in [-0.2, 0) is 0 Å². The van der Waals surface area contributed by atoms with Crippen molar-refractivity contribution < 1.29 is 0 Å².